The maximum Gasteiger partial charge on any atom is 0.339 e. The average Bonchev–Trinajstić information content (AvgIpc) is 2.43. The van der Waals surface area contributed by atoms with Crippen LogP contribution in [0.4, 0.5) is 4.39 Å². The van der Waals surface area contributed by atoms with Gasteiger partial charge in [-0.1, -0.05) is 12.1 Å². The molecule has 0 aliphatic heterocycles. The minimum absolute atomic E-state index is 0.0612. The molecule has 5 heteroatoms. The van der Waals surface area contributed by atoms with E-state index in [1.165, 1.54) is 6.07 Å². The Labute approximate surface area is 115 Å². The van der Waals surface area contributed by atoms with Crippen molar-refractivity contribution in [2.45, 2.75) is 6.92 Å². The second-order valence-corrected chi connectivity index (χ2v) is 3.93. The number of ether oxygens (including phenoxy) is 2. The van der Waals surface area contributed by atoms with Crippen LogP contribution in [0.1, 0.15) is 17.3 Å². The number of carboxylic acid groups (broad SMARTS) is 1. The van der Waals surface area contributed by atoms with Crippen molar-refractivity contribution in [3.8, 4) is 17.2 Å². The van der Waals surface area contributed by atoms with Crippen molar-refractivity contribution in [3.63, 3.8) is 0 Å². The molecule has 0 aliphatic rings. The van der Waals surface area contributed by atoms with E-state index in [0.717, 1.165) is 12.1 Å². The fourth-order valence-electron chi connectivity index (χ4n) is 1.69. The van der Waals surface area contributed by atoms with E-state index in [4.69, 9.17) is 14.6 Å². The van der Waals surface area contributed by atoms with Gasteiger partial charge in [-0.3, -0.25) is 0 Å². The molecule has 0 unspecified atom stereocenters. The Morgan fingerprint density at radius 2 is 1.85 bits per heavy atom. The Bertz CT molecular complexity index is 625. The third-order valence-electron chi connectivity index (χ3n) is 2.54. The first kappa shape index (κ1) is 13.9. The monoisotopic (exact) mass is 276 g/mol. The van der Waals surface area contributed by atoms with E-state index in [1.54, 1.807) is 24.3 Å². The highest BCUT2D eigenvalue weighted by molar-refractivity contribution is 5.91. The molecule has 0 saturated carbocycles. The number of benzene rings is 2. The summed E-state index contributed by atoms with van der Waals surface area (Å²) in [5.41, 5.74) is -0.240. The Balaban J connectivity index is 2.37. The van der Waals surface area contributed by atoms with Gasteiger partial charge in [0.05, 0.1) is 6.61 Å². The predicted molar refractivity (Wildman–Crippen MR) is 71.0 cm³/mol. The smallest absolute Gasteiger partial charge is 0.339 e. The van der Waals surface area contributed by atoms with Gasteiger partial charge >= 0.3 is 5.97 Å². The fourth-order valence-corrected chi connectivity index (χ4v) is 1.69. The highest BCUT2D eigenvalue weighted by atomic mass is 19.1. The summed E-state index contributed by atoms with van der Waals surface area (Å²) in [7, 11) is 0. The fraction of sp³-hybridized carbons (Fsp3) is 0.133. The van der Waals surface area contributed by atoms with E-state index in [9.17, 15) is 9.18 Å². The molecule has 0 saturated heterocycles. The lowest BCUT2D eigenvalue weighted by Crippen LogP contribution is -2.02. The number of hydrogen-bond donors (Lipinski definition) is 1. The summed E-state index contributed by atoms with van der Waals surface area (Å²) >= 11 is 0. The third-order valence-corrected chi connectivity index (χ3v) is 2.54. The summed E-state index contributed by atoms with van der Waals surface area (Å²) < 4.78 is 24.0. The standard InChI is InChI=1S/C15H13FO4/c1-2-19-13-5-3-4-6-14(13)20-12-8-7-10(16)9-11(12)15(17)18/h3-9H,2H2,1H3,(H,17,18). The molecule has 0 aromatic heterocycles. The Morgan fingerprint density at radius 3 is 2.50 bits per heavy atom. The van der Waals surface area contributed by atoms with Gasteiger partial charge in [0.15, 0.2) is 11.5 Å². The van der Waals surface area contributed by atoms with Crippen molar-refractivity contribution >= 4 is 5.97 Å². The van der Waals surface area contributed by atoms with Gasteiger partial charge < -0.3 is 14.6 Å². The summed E-state index contributed by atoms with van der Waals surface area (Å²) in [5.74, 6) is -0.952. The van der Waals surface area contributed by atoms with Gasteiger partial charge in [0, 0.05) is 0 Å². The predicted octanol–water partition coefficient (Wildman–Crippen LogP) is 3.71. The number of carboxylic acids is 1. The maximum atomic E-state index is 13.1. The van der Waals surface area contributed by atoms with E-state index in [2.05, 4.69) is 0 Å². The average molecular weight is 276 g/mol. The van der Waals surface area contributed by atoms with Gasteiger partial charge in [0.1, 0.15) is 17.1 Å². The number of carbonyl (C=O) groups is 1. The van der Waals surface area contributed by atoms with Crippen LogP contribution in [-0.2, 0) is 0 Å². The SMILES string of the molecule is CCOc1ccccc1Oc1ccc(F)cc1C(=O)O. The van der Waals surface area contributed by atoms with E-state index in [1.807, 2.05) is 6.92 Å². The molecule has 0 radical (unpaired) electrons. The summed E-state index contributed by atoms with van der Waals surface area (Å²) in [6, 6.07) is 10.2. The van der Waals surface area contributed by atoms with Gasteiger partial charge in [0.2, 0.25) is 0 Å². The largest absolute Gasteiger partial charge is 0.490 e. The Morgan fingerprint density at radius 1 is 1.15 bits per heavy atom. The number of halogens is 1. The van der Waals surface area contributed by atoms with Crippen LogP contribution < -0.4 is 9.47 Å². The summed E-state index contributed by atoms with van der Waals surface area (Å²) in [5, 5.41) is 9.06. The second-order valence-electron chi connectivity index (χ2n) is 3.93. The molecule has 4 nitrogen and oxygen atoms in total. The zero-order chi connectivity index (χ0) is 14.5. The quantitative estimate of drug-likeness (QED) is 0.904. The molecular weight excluding hydrogens is 263 g/mol. The van der Waals surface area contributed by atoms with Crippen LogP contribution in [0.3, 0.4) is 0 Å². The van der Waals surface area contributed by atoms with Crippen molar-refractivity contribution in [2.75, 3.05) is 6.61 Å². The van der Waals surface area contributed by atoms with Crippen LogP contribution in [0.5, 0.6) is 17.2 Å². The second kappa shape index (κ2) is 6.06. The molecule has 2 aromatic carbocycles. The van der Waals surface area contributed by atoms with Crippen LogP contribution >= 0.6 is 0 Å². The van der Waals surface area contributed by atoms with Gasteiger partial charge in [-0.05, 0) is 37.3 Å². The molecule has 0 atom stereocenters. The third kappa shape index (κ3) is 3.06. The molecular formula is C15H13FO4. The molecule has 2 rings (SSSR count). The van der Waals surface area contributed by atoms with Crippen LogP contribution in [0.15, 0.2) is 42.5 Å². The van der Waals surface area contributed by atoms with Crippen LogP contribution in [0, 0.1) is 5.82 Å². The number of rotatable bonds is 5. The van der Waals surface area contributed by atoms with E-state index in [0.29, 0.717) is 18.1 Å². The lowest BCUT2D eigenvalue weighted by Gasteiger charge is -2.12. The molecule has 0 spiro atoms. The first-order valence-corrected chi connectivity index (χ1v) is 6.04. The molecule has 0 heterocycles. The van der Waals surface area contributed by atoms with E-state index in [-0.39, 0.29) is 11.3 Å². The van der Waals surface area contributed by atoms with Gasteiger partial charge in [-0.2, -0.15) is 0 Å². The van der Waals surface area contributed by atoms with Gasteiger partial charge in [-0.15, -0.1) is 0 Å². The number of para-hydroxylation sites is 2. The highest BCUT2D eigenvalue weighted by Gasteiger charge is 2.15. The number of hydrogen-bond acceptors (Lipinski definition) is 3. The summed E-state index contributed by atoms with van der Waals surface area (Å²) in [6.07, 6.45) is 0. The van der Waals surface area contributed by atoms with Crippen LogP contribution in [0.25, 0.3) is 0 Å². The normalized spacial score (nSPS) is 10.1. The zero-order valence-electron chi connectivity index (χ0n) is 10.8. The molecule has 0 fully saturated rings. The molecule has 1 N–H and O–H groups in total. The molecule has 0 aliphatic carbocycles. The Kier molecular flexibility index (Phi) is 4.20. The molecule has 0 amide bonds. The minimum Gasteiger partial charge on any atom is -0.490 e. The van der Waals surface area contributed by atoms with Gasteiger partial charge in [-0.25, -0.2) is 9.18 Å². The zero-order valence-corrected chi connectivity index (χ0v) is 10.8. The van der Waals surface area contributed by atoms with Crippen LogP contribution in [0.2, 0.25) is 0 Å². The van der Waals surface area contributed by atoms with Crippen molar-refractivity contribution in [1.82, 2.24) is 0 Å². The minimum atomic E-state index is -1.26. The molecule has 0 bridgehead atoms. The lowest BCUT2D eigenvalue weighted by molar-refractivity contribution is 0.0693. The first-order chi connectivity index (χ1) is 9.61. The van der Waals surface area contributed by atoms with E-state index < -0.39 is 11.8 Å². The van der Waals surface area contributed by atoms with E-state index >= 15 is 0 Å². The number of aromatic carboxylic acids is 1. The van der Waals surface area contributed by atoms with Gasteiger partial charge in [0.25, 0.3) is 0 Å². The van der Waals surface area contributed by atoms with Crippen molar-refractivity contribution < 1.29 is 23.8 Å². The van der Waals surface area contributed by atoms with Crippen molar-refractivity contribution in [3.05, 3.63) is 53.8 Å². The lowest BCUT2D eigenvalue weighted by atomic mass is 10.2. The summed E-state index contributed by atoms with van der Waals surface area (Å²) in [6.45, 7) is 2.28. The molecule has 2 aromatic rings. The Hall–Kier alpha value is -2.56. The summed E-state index contributed by atoms with van der Waals surface area (Å²) in [4.78, 5) is 11.1. The van der Waals surface area contributed by atoms with Crippen molar-refractivity contribution in [2.24, 2.45) is 0 Å². The van der Waals surface area contributed by atoms with Crippen LogP contribution in [-0.4, -0.2) is 17.7 Å². The van der Waals surface area contributed by atoms with Crippen molar-refractivity contribution in [1.29, 1.82) is 0 Å². The highest BCUT2D eigenvalue weighted by Crippen LogP contribution is 2.33. The molecule has 20 heavy (non-hydrogen) atoms. The topological polar surface area (TPSA) is 55.8 Å². The first-order valence-electron chi connectivity index (χ1n) is 6.04. The molecule has 104 valence electrons. The maximum absolute atomic E-state index is 13.1.